The molecule has 0 radical (unpaired) electrons. The van der Waals surface area contributed by atoms with Crippen molar-refractivity contribution in [2.75, 3.05) is 13.2 Å². The number of rotatable bonds is 29. The maximum atomic E-state index is 12.5. The molecule has 0 amide bonds. The van der Waals surface area contributed by atoms with E-state index in [1.165, 1.54) is 141 Å². The van der Waals surface area contributed by atoms with Gasteiger partial charge in [0.25, 0.3) is 0 Å². The van der Waals surface area contributed by atoms with Gasteiger partial charge in [0, 0.05) is 11.8 Å². The van der Waals surface area contributed by atoms with Crippen molar-refractivity contribution in [1.29, 1.82) is 0 Å². The number of aliphatic hydroxyl groups is 1. The fraction of sp³-hybridized carbons (Fsp3) is 0.971. The summed E-state index contributed by atoms with van der Waals surface area (Å²) in [7, 11) is 0. The maximum Gasteiger partial charge on any atom is 0.306 e. The van der Waals surface area contributed by atoms with Crippen LogP contribution in [-0.4, -0.2) is 24.3 Å². The van der Waals surface area contributed by atoms with E-state index in [2.05, 4.69) is 13.8 Å². The molecule has 222 valence electrons. The van der Waals surface area contributed by atoms with Crippen molar-refractivity contribution in [2.24, 2.45) is 11.3 Å². The van der Waals surface area contributed by atoms with E-state index in [-0.39, 0.29) is 18.0 Å². The monoisotopic (exact) mass is 525 g/mol. The van der Waals surface area contributed by atoms with E-state index in [9.17, 15) is 9.90 Å². The Labute approximate surface area is 233 Å². The number of aliphatic hydroxyl groups excluding tert-OH is 1. The minimum absolute atomic E-state index is 0.0428. The zero-order valence-corrected chi connectivity index (χ0v) is 25.9. The molecule has 1 N–H and O–H groups in total. The Balaban J connectivity index is 4.07. The van der Waals surface area contributed by atoms with Gasteiger partial charge in [0.15, 0.2) is 0 Å². The first-order valence-electron chi connectivity index (χ1n) is 16.7. The fourth-order valence-electron chi connectivity index (χ4n) is 5.16. The molecule has 0 aromatic heterocycles. The normalized spacial score (nSPS) is 12.7. The van der Waals surface area contributed by atoms with Gasteiger partial charge in [-0.05, 0) is 18.8 Å². The standard InChI is InChI=1S/C34H68O3/c1-5-7-9-11-13-15-17-18-20-22-24-26-28-32(29-33(36)37-31-34(3,4)30-35)27-25-23-21-19-16-14-12-10-8-6-2/h32,35H,5-31H2,1-4H3. The average Bonchev–Trinajstić information content (AvgIpc) is 2.89. The zero-order valence-electron chi connectivity index (χ0n) is 25.9. The highest BCUT2D eigenvalue weighted by Gasteiger charge is 2.21. The molecule has 1 unspecified atom stereocenters. The molecule has 0 spiro atoms. The molecule has 1 atom stereocenters. The molecule has 37 heavy (non-hydrogen) atoms. The molecule has 0 aliphatic heterocycles. The first-order valence-corrected chi connectivity index (χ1v) is 16.7. The van der Waals surface area contributed by atoms with E-state index in [1.807, 2.05) is 13.8 Å². The molecule has 0 fully saturated rings. The summed E-state index contributed by atoms with van der Waals surface area (Å²) in [6.07, 6.45) is 32.9. The molecule has 3 nitrogen and oxygen atoms in total. The highest BCUT2D eigenvalue weighted by molar-refractivity contribution is 5.69. The number of carbonyl (C=O) groups excluding carboxylic acids is 1. The molecular formula is C34H68O3. The Morgan fingerprint density at radius 1 is 0.595 bits per heavy atom. The summed E-state index contributed by atoms with van der Waals surface area (Å²) in [6, 6.07) is 0. The van der Waals surface area contributed by atoms with Crippen LogP contribution >= 0.6 is 0 Å². The van der Waals surface area contributed by atoms with Crippen molar-refractivity contribution in [2.45, 2.75) is 188 Å². The Morgan fingerprint density at radius 3 is 1.24 bits per heavy atom. The van der Waals surface area contributed by atoms with Gasteiger partial charge in [-0.25, -0.2) is 0 Å². The summed E-state index contributed by atoms with van der Waals surface area (Å²) in [5, 5.41) is 9.43. The second kappa shape index (κ2) is 27.0. The van der Waals surface area contributed by atoms with E-state index in [0.29, 0.717) is 18.9 Å². The Hall–Kier alpha value is -0.570. The van der Waals surface area contributed by atoms with E-state index >= 15 is 0 Å². The van der Waals surface area contributed by atoms with Crippen LogP contribution in [0.25, 0.3) is 0 Å². The number of esters is 1. The summed E-state index contributed by atoms with van der Waals surface area (Å²) >= 11 is 0. The highest BCUT2D eigenvalue weighted by atomic mass is 16.5. The van der Waals surface area contributed by atoms with Crippen LogP contribution in [-0.2, 0) is 9.53 Å². The Kier molecular flexibility index (Phi) is 26.6. The lowest BCUT2D eigenvalue weighted by molar-refractivity contribution is -0.148. The van der Waals surface area contributed by atoms with Gasteiger partial charge in [-0.3, -0.25) is 4.79 Å². The van der Waals surface area contributed by atoms with Crippen LogP contribution < -0.4 is 0 Å². The minimum atomic E-state index is -0.350. The van der Waals surface area contributed by atoms with Crippen LogP contribution in [0.3, 0.4) is 0 Å². The molecule has 0 aromatic carbocycles. The first-order chi connectivity index (χ1) is 17.9. The van der Waals surface area contributed by atoms with Crippen LogP contribution in [0.15, 0.2) is 0 Å². The third kappa shape index (κ3) is 26.8. The summed E-state index contributed by atoms with van der Waals surface area (Å²) in [6.45, 7) is 8.79. The van der Waals surface area contributed by atoms with Gasteiger partial charge in [-0.15, -0.1) is 0 Å². The molecule has 0 aliphatic rings. The first kappa shape index (κ1) is 36.4. The quantitative estimate of drug-likeness (QED) is 0.0781. The molecule has 3 heteroatoms. The molecule has 0 rings (SSSR count). The van der Waals surface area contributed by atoms with E-state index in [4.69, 9.17) is 4.74 Å². The number of hydrogen-bond acceptors (Lipinski definition) is 3. The van der Waals surface area contributed by atoms with Crippen molar-refractivity contribution >= 4 is 5.97 Å². The van der Waals surface area contributed by atoms with Gasteiger partial charge < -0.3 is 9.84 Å². The second-order valence-corrected chi connectivity index (χ2v) is 12.7. The van der Waals surface area contributed by atoms with Gasteiger partial charge in [0.05, 0.1) is 13.2 Å². The molecule has 0 aliphatic carbocycles. The lowest BCUT2D eigenvalue weighted by Gasteiger charge is -2.22. The average molecular weight is 525 g/mol. The van der Waals surface area contributed by atoms with Crippen molar-refractivity contribution < 1.29 is 14.6 Å². The zero-order chi connectivity index (χ0) is 27.5. The highest BCUT2D eigenvalue weighted by Crippen LogP contribution is 2.24. The van der Waals surface area contributed by atoms with Crippen molar-refractivity contribution in [3.63, 3.8) is 0 Å². The number of carbonyl (C=O) groups is 1. The summed E-state index contributed by atoms with van der Waals surface area (Å²) in [4.78, 5) is 12.5. The third-order valence-electron chi connectivity index (χ3n) is 7.94. The van der Waals surface area contributed by atoms with Gasteiger partial charge in [-0.2, -0.15) is 0 Å². The molecule has 0 bridgehead atoms. The smallest absolute Gasteiger partial charge is 0.306 e. The number of unbranched alkanes of at least 4 members (excludes halogenated alkanes) is 20. The van der Waals surface area contributed by atoms with Crippen LogP contribution in [0, 0.1) is 11.3 Å². The topological polar surface area (TPSA) is 46.5 Å². The van der Waals surface area contributed by atoms with E-state index in [1.54, 1.807) is 0 Å². The van der Waals surface area contributed by atoms with E-state index in [0.717, 1.165) is 12.8 Å². The number of hydrogen-bond donors (Lipinski definition) is 1. The van der Waals surface area contributed by atoms with Crippen molar-refractivity contribution in [1.82, 2.24) is 0 Å². The fourth-order valence-corrected chi connectivity index (χ4v) is 5.16. The van der Waals surface area contributed by atoms with Gasteiger partial charge in [-0.1, -0.05) is 169 Å². The Bertz CT molecular complexity index is 474. The summed E-state index contributed by atoms with van der Waals surface area (Å²) < 4.78 is 5.54. The second-order valence-electron chi connectivity index (χ2n) is 12.7. The molecular weight excluding hydrogens is 456 g/mol. The SMILES string of the molecule is CCCCCCCCCCCCCCC(CCCCCCCCCCCC)CC(=O)OCC(C)(C)CO. The molecule has 0 saturated carbocycles. The van der Waals surface area contributed by atoms with Gasteiger partial charge in [0.1, 0.15) is 0 Å². The lowest BCUT2D eigenvalue weighted by atomic mass is 9.91. The van der Waals surface area contributed by atoms with Crippen LogP contribution in [0.2, 0.25) is 0 Å². The largest absolute Gasteiger partial charge is 0.465 e. The van der Waals surface area contributed by atoms with Crippen LogP contribution in [0.5, 0.6) is 0 Å². The predicted octanol–water partition coefficient (Wildman–Crippen LogP) is 11.0. The van der Waals surface area contributed by atoms with Crippen LogP contribution in [0.1, 0.15) is 188 Å². The summed E-state index contributed by atoms with van der Waals surface area (Å²) in [5.74, 6) is 0.388. The number of ether oxygens (including phenoxy) is 1. The molecule has 0 heterocycles. The van der Waals surface area contributed by atoms with E-state index < -0.39 is 0 Å². The molecule has 0 aromatic rings. The van der Waals surface area contributed by atoms with Crippen LogP contribution in [0.4, 0.5) is 0 Å². The molecule has 0 saturated heterocycles. The lowest BCUT2D eigenvalue weighted by Crippen LogP contribution is -2.26. The van der Waals surface area contributed by atoms with Gasteiger partial charge >= 0.3 is 5.97 Å². The minimum Gasteiger partial charge on any atom is -0.465 e. The Morgan fingerprint density at radius 2 is 0.919 bits per heavy atom. The summed E-state index contributed by atoms with van der Waals surface area (Å²) in [5.41, 5.74) is -0.350. The predicted molar refractivity (Wildman–Crippen MR) is 162 cm³/mol. The van der Waals surface area contributed by atoms with Crippen molar-refractivity contribution in [3.8, 4) is 0 Å². The van der Waals surface area contributed by atoms with Gasteiger partial charge in [0.2, 0.25) is 0 Å². The maximum absolute atomic E-state index is 12.5. The van der Waals surface area contributed by atoms with Crippen molar-refractivity contribution in [3.05, 3.63) is 0 Å². The third-order valence-corrected chi connectivity index (χ3v) is 7.94.